The number of nitrogens with one attached hydrogen (secondary N) is 1. The Morgan fingerprint density at radius 3 is 2.64 bits per heavy atom. The van der Waals surface area contributed by atoms with Crippen LogP contribution in [-0.2, 0) is 4.79 Å². The molecule has 25 heavy (non-hydrogen) atoms. The number of nitriles is 1. The lowest BCUT2D eigenvalue weighted by Gasteiger charge is -2.39. The molecule has 1 aliphatic heterocycles. The van der Waals surface area contributed by atoms with Gasteiger partial charge in [-0.3, -0.25) is 4.79 Å². The number of nitrogens with zero attached hydrogens (tertiary/aromatic N) is 2. The molecule has 132 valence electrons. The van der Waals surface area contributed by atoms with Gasteiger partial charge in [-0.25, -0.2) is 4.39 Å². The Morgan fingerprint density at radius 1 is 1.32 bits per heavy atom. The van der Waals surface area contributed by atoms with Crippen molar-refractivity contribution in [1.29, 1.82) is 5.26 Å². The van der Waals surface area contributed by atoms with E-state index in [1.165, 1.54) is 24.3 Å². The Morgan fingerprint density at radius 2 is 2.00 bits per heavy atom. The highest BCUT2D eigenvalue weighted by molar-refractivity contribution is 6.06. The molecule has 2 fully saturated rings. The van der Waals surface area contributed by atoms with Crippen molar-refractivity contribution in [3.63, 3.8) is 0 Å². The Kier molecular flexibility index (Phi) is 4.32. The van der Waals surface area contributed by atoms with Crippen LogP contribution < -0.4 is 5.32 Å². The molecule has 1 aromatic carbocycles. The summed E-state index contributed by atoms with van der Waals surface area (Å²) in [5.41, 5.74) is 1.07. The van der Waals surface area contributed by atoms with Gasteiger partial charge in [-0.1, -0.05) is 20.8 Å². The molecule has 2 bridgehead atoms. The van der Waals surface area contributed by atoms with Crippen molar-refractivity contribution < 1.29 is 9.18 Å². The van der Waals surface area contributed by atoms with Gasteiger partial charge in [0.15, 0.2) is 0 Å². The molecule has 4 nitrogen and oxygen atoms in total. The normalized spacial score (nSPS) is 27.7. The maximum absolute atomic E-state index is 13.0. The van der Waals surface area contributed by atoms with Gasteiger partial charge in [0.05, 0.1) is 0 Å². The summed E-state index contributed by atoms with van der Waals surface area (Å²) >= 11 is 0. The van der Waals surface area contributed by atoms with E-state index in [2.05, 4.69) is 31.0 Å². The number of amides is 1. The number of hydrogen-bond acceptors (Lipinski definition) is 3. The first-order valence-corrected chi connectivity index (χ1v) is 8.64. The van der Waals surface area contributed by atoms with E-state index >= 15 is 0 Å². The van der Waals surface area contributed by atoms with Crippen LogP contribution in [0.4, 0.5) is 10.1 Å². The van der Waals surface area contributed by atoms with Crippen molar-refractivity contribution in [2.24, 2.45) is 10.8 Å². The van der Waals surface area contributed by atoms with Gasteiger partial charge in [0.25, 0.3) is 5.91 Å². The summed E-state index contributed by atoms with van der Waals surface area (Å²) in [6, 6.07) is 7.89. The van der Waals surface area contributed by atoms with Crippen LogP contribution in [0.15, 0.2) is 36.0 Å². The molecule has 1 saturated carbocycles. The van der Waals surface area contributed by atoms with Crippen LogP contribution in [0.1, 0.15) is 40.0 Å². The fraction of sp³-hybridized carbons (Fsp3) is 0.500. The number of fused-ring (bicyclic) bond motifs is 2. The van der Waals surface area contributed by atoms with Gasteiger partial charge >= 0.3 is 0 Å². The average molecular weight is 341 g/mol. The highest BCUT2D eigenvalue weighted by Gasteiger charge is 2.48. The van der Waals surface area contributed by atoms with E-state index in [9.17, 15) is 14.4 Å². The minimum Gasteiger partial charge on any atom is -0.373 e. The van der Waals surface area contributed by atoms with Crippen molar-refractivity contribution in [3.05, 3.63) is 41.9 Å². The van der Waals surface area contributed by atoms with Crippen molar-refractivity contribution >= 4 is 11.6 Å². The van der Waals surface area contributed by atoms with E-state index < -0.39 is 5.91 Å². The minimum atomic E-state index is -0.458. The van der Waals surface area contributed by atoms with Gasteiger partial charge < -0.3 is 10.2 Å². The predicted molar refractivity (Wildman–Crippen MR) is 95.0 cm³/mol. The Balaban J connectivity index is 1.76. The maximum atomic E-state index is 13.0. The second kappa shape index (κ2) is 6.18. The van der Waals surface area contributed by atoms with Crippen LogP contribution in [0.25, 0.3) is 0 Å². The Labute approximate surface area is 148 Å². The van der Waals surface area contributed by atoms with Crippen LogP contribution in [0.3, 0.4) is 0 Å². The molecule has 0 spiro atoms. The van der Waals surface area contributed by atoms with Crippen LogP contribution in [0.2, 0.25) is 0 Å². The van der Waals surface area contributed by atoms with Gasteiger partial charge in [0, 0.05) is 24.5 Å². The molecule has 2 unspecified atom stereocenters. The topological polar surface area (TPSA) is 56.1 Å². The fourth-order valence-electron chi connectivity index (χ4n) is 4.69. The molecule has 3 rings (SSSR count). The van der Waals surface area contributed by atoms with Gasteiger partial charge in [0.2, 0.25) is 0 Å². The first kappa shape index (κ1) is 17.5. The summed E-state index contributed by atoms with van der Waals surface area (Å²) in [5, 5.41) is 12.1. The first-order valence-electron chi connectivity index (χ1n) is 8.64. The number of rotatable bonds is 3. The molecule has 1 saturated heterocycles. The minimum absolute atomic E-state index is 0.0817. The van der Waals surface area contributed by atoms with Gasteiger partial charge in [-0.05, 0) is 54.4 Å². The summed E-state index contributed by atoms with van der Waals surface area (Å²) in [5.74, 6) is -0.825. The summed E-state index contributed by atoms with van der Waals surface area (Å²) in [6.45, 7) is 7.74. The third kappa shape index (κ3) is 3.84. The molecule has 1 aromatic rings. The lowest BCUT2D eigenvalue weighted by Crippen LogP contribution is -2.33. The van der Waals surface area contributed by atoms with Crippen LogP contribution in [0, 0.1) is 28.0 Å². The molecule has 2 atom stereocenters. The largest absolute Gasteiger partial charge is 0.373 e. The second-order valence-electron chi connectivity index (χ2n) is 8.50. The SMILES string of the molecule is CC1(C)CC2CC(C)(CN2/C=C(/C#N)C(=O)Nc2ccc(F)cc2)C1. The van der Waals surface area contributed by atoms with Crippen molar-refractivity contribution in [1.82, 2.24) is 4.90 Å². The molecule has 2 aliphatic rings. The van der Waals surface area contributed by atoms with Crippen LogP contribution in [-0.4, -0.2) is 23.4 Å². The summed E-state index contributed by atoms with van der Waals surface area (Å²) < 4.78 is 13.0. The molecule has 1 heterocycles. The number of carbonyl (C=O) groups excluding carboxylic acids is 1. The summed E-state index contributed by atoms with van der Waals surface area (Å²) in [7, 11) is 0. The van der Waals surface area contributed by atoms with Crippen molar-refractivity contribution in [3.8, 4) is 6.07 Å². The zero-order chi connectivity index (χ0) is 18.2. The Bertz CT molecular complexity index is 747. The van der Waals surface area contributed by atoms with E-state index in [-0.39, 0.29) is 22.2 Å². The number of hydrogen-bond donors (Lipinski definition) is 1. The summed E-state index contributed by atoms with van der Waals surface area (Å²) in [4.78, 5) is 14.6. The molecule has 1 N–H and O–H groups in total. The molecule has 1 aliphatic carbocycles. The highest BCUT2D eigenvalue weighted by Crippen LogP contribution is 2.52. The monoisotopic (exact) mass is 341 g/mol. The van der Waals surface area contributed by atoms with Crippen molar-refractivity contribution in [2.75, 3.05) is 11.9 Å². The molecule has 1 amide bonds. The van der Waals surface area contributed by atoms with Gasteiger partial charge in [0.1, 0.15) is 17.5 Å². The third-order valence-corrected chi connectivity index (χ3v) is 5.22. The smallest absolute Gasteiger partial charge is 0.267 e. The fourth-order valence-corrected chi connectivity index (χ4v) is 4.69. The van der Waals surface area contributed by atoms with Gasteiger partial charge in [-0.2, -0.15) is 5.26 Å². The van der Waals surface area contributed by atoms with E-state index in [1.807, 2.05) is 6.07 Å². The average Bonchev–Trinajstić information content (AvgIpc) is 2.75. The third-order valence-electron chi connectivity index (χ3n) is 5.22. The van der Waals surface area contributed by atoms with E-state index in [1.54, 1.807) is 6.20 Å². The first-order chi connectivity index (χ1) is 11.7. The zero-order valence-corrected chi connectivity index (χ0v) is 15.0. The molecule has 0 radical (unpaired) electrons. The lowest BCUT2D eigenvalue weighted by molar-refractivity contribution is -0.112. The zero-order valence-electron chi connectivity index (χ0n) is 15.0. The number of carbonyl (C=O) groups is 1. The number of halogens is 1. The maximum Gasteiger partial charge on any atom is 0.267 e. The lowest BCUT2D eigenvalue weighted by atomic mass is 9.65. The number of benzene rings is 1. The molecular weight excluding hydrogens is 317 g/mol. The standard InChI is InChI=1S/C20H24FN3O/c1-19(2)8-17-9-20(3,12-19)13-24(17)11-14(10-22)18(25)23-16-6-4-15(21)5-7-16/h4-7,11,17H,8-9,12-13H2,1-3H3,(H,23,25)/b14-11-. The van der Waals surface area contributed by atoms with E-state index in [0.29, 0.717) is 11.7 Å². The number of likely N-dealkylation sites (tertiary alicyclic amines) is 1. The van der Waals surface area contributed by atoms with E-state index in [0.717, 1.165) is 25.8 Å². The predicted octanol–water partition coefficient (Wildman–Crippen LogP) is 4.07. The summed E-state index contributed by atoms with van der Waals surface area (Å²) in [6.07, 6.45) is 5.03. The van der Waals surface area contributed by atoms with Crippen LogP contribution in [0.5, 0.6) is 0 Å². The quantitative estimate of drug-likeness (QED) is 0.666. The molecule has 0 aromatic heterocycles. The van der Waals surface area contributed by atoms with Crippen LogP contribution >= 0.6 is 0 Å². The van der Waals surface area contributed by atoms with Crippen molar-refractivity contribution in [2.45, 2.75) is 46.1 Å². The Hall–Kier alpha value is -2.35. The van der Waals surface area contributed by atoms with E-state index in [4.69, 9.17) is 0 Å². The molecule has 5 heteroatoms. The number of anilines is 1. The van der Waals surface area contributed by atoms with Gasteiger partial charge in [-0.15, -0.1) is 0 Å². The highest BCUT2D eigenvalue weighted by atomic mass is 19.1. The second-order valence-corrected chi connectivity index (χ2v) is 8.50. The molecular formula is C20H24FN3O.